The van der Waals surface area contributed by atoms with Crippen LogP contribution in [0.25, 0.3) is 11.1 Å². The average Bonchev–Trinajstić information content (AvgIpc) is 2.23. The van der Waals surface area contributed by atoms with Gasteiger partial charge < -0.3 is 4.98 Å². The van der Waals surface area contributed by atoms with Crippen LogP contribution in [0.15, 0.2) is 36.8 Å². The number of aromatic amines is 1. The minimum absolute atomic E-state index is 0.123. The second-order valence-electron chi connectivity index (χ2n) is 2.81. The van der Waals surface area contributed by atoms with E-state index in [1.165, 1.54) is 6.07 Å². The largest absolute Gasteiger partial charge is 0.350 e. The molecule has 2 aromatic rings. The van der Waals surface area contributed by atoms with E-state index < -0.39 is 5.82 Å². The summed E-state index contributed by atoms with van der Waals surface area (Å²) in [6, 6.07) is 5.06. The van der Waals surface area contributed by atoms with E-state index in [4.69, 9.17) is 12.2 Å². The van der Waals surface area contributed by atoms with Crippen LogP contribution in [0.2, 0.25) is 0 Å². The van der Waals surface area contributed by atoms with Crippen molar-refractivity contribution in [1.29, 1.82) is 0 Å². The zero-order chi connectivity index (χ0) is 9.97. The highest BCUT2D eigenvalue weighted by molar-refractivity contribution is 7.71. The molecule has 0 unspecified atom stereocenters. The molecule has 0 aliphatic heterocycles. The van der Waals surface area contributed by atoms with Crippen molar-refractivity contribution in [3.63, 3.8) is 0 Å². The molecule has 0 aliphatic rings. The fraction of sp³-hybridized carbons (Fsp3) is 0. The average molecular weight is 206 g/mol. The third kappa shape index (κ3) is 1.70. The normalized spacial score (nSPS) is 10.1. The fourth-order valence-corrected chi connectivity index (χ4v) is 1.27. The molecule has 0 saturated heterocycles. The topological polar surface area (TPSA) is 28.7 Å². The molecular weight excluding hydrogens is 199 g/mol. The lowest BCUT2D eigenvalue weighted by Crippen LogP contribution is -1.85. The van der Waals surface area contributed by atoms with Gasteiger partial charge in [0.1, 0.15) is 4.64 Å². The van der Waals surface area contributed by atoms with Gasteiger partial charge in [0.05, 0.1) is 0 Å². The molecule has 0 bridgehead atoms. The fourth-order valence-electron chi connectivity index (χ4n) is 1.16. The number of aromatic nitrogens is 2. The first-order valence-electron chi connectivity index (χ1n) is 4.06. The number of halogens is 1. The van der Waals surface area contributed by atoms with Gasteiger partial charge in [-0.3, -0.25) is 4.98 Å². The Kier molecular flexibility index (Phi) is 2.37. The van der Waals surface area contributed by atoms with Crippen LogP contribution in [0.4, 0.5) is 4.39 Å². The van der Waals surface area contributed by atoms with Crippen molar-refractivity contribution >= 4 is 12.2 Å². The SMILES string of the molecule is Fc1cc(-c2cccnc2)c[nH]c1=S. The van der Waals surface area contributed by atoms with Crippen LogP contribution in [0.3, 0.4) is 0 Å². The van der Waals surface area contributed by atoms with Crippen molar-refractivity contribution in [2.75, 3.05) is 0 Å². The quantitative estimate of drug-likeness (QED) is 0.727. The lowest BCUT2D eigenvalue weighted by atomic mass is 10.1. The Labute approximate surface area is 85.5 Å². The van der Waals surface area contributed by atoms with E-state index >= 15 is 0 Å². The summed E-state index contributed by atoms with van der Waals surface area (Å²) in [6.07, 6.45) is 5.01. The molecule has 2 aromatic heterocycles. The van der Waals surface area contributed by atoms with Gasteiger partial charge in [-0.05, 0) is 12.1 Å². The van der Waals surface area contributed by atoms with Crippen LogP contribution in [0.1, 0.15) is 0 Å². The summed E-state index contributed by atoms with van der Waals surface area (Å²) >= 11 is 4.72. The molecule has 0 aliphatic carbocycles. The van der Waals surface area contributed by atoms with Crippen molar-refractivity contribution in [3.05, 3.63) is 47.2 Å². The summed E-state index contributed by atoms with van der Waals surface area (Å²) in [5, 5.41) is 0. The number of nitrogens with one attached hydrogen (secondary N) is 1. The Hall–Kier alpha value is -1.55. The second-order valence-corrected chi connectivity index (χ2v) is 3.22. The van der Waals surface area contributed by atoms with Crippen LogP contribution in [-0.4, -0.2) is 9.97 Å². The van der Waals surface area contributed by atoms with Crippen LogP contribution in [-0.2, 0) is 0 Å². The van der Waals surface area contributed by atoms with Gasteiger partial charge in [-0.1, -0.05) is 18.3 Å². The van der Waals surface area contributed by atoms with E-state index in [-0.39, 0.29) is 4.64 Å². The van der Waals surface area contributed by atoms with Crippen LogP contribution in [0.5, 0.6) is 0 Å². The zero-order valence-corrected chi connectivity index (χ0v) is 8.01. The summed E-state index contributed by atoms with van der Waals surface area (Å²) in [6.45, 7) is 0. The highest BCUT2D eigenvalue weighted by Gasteiger charge is 1.99. The van der Waals surface area contributed by atoms with Gasteiger partial charge in [0, 0.05) is 29.7 Å². The first kappa shape index (κ1) is 9.02. The molecule has 1 N–H and O–H groups in total. The van der Waals surface area contributed by atoms with E-state index in [0.29, 0.717) is 0 Å². The van der Waals surface area contributed by atoms with Gasteiger partial charge in [0.15, 0.2) is 5.82 Å². The van der Waals surface area contributed by atoms with Gasteiger partial charge >= 0.3 is 0 Å². The molecule has 14 heavy (non-hydrogen) atoms. The van der Waals surface area contributed by atoms with Gasteiger partial charge in [-0.25, -0.2) is 4.39 Å². The first-order chi connectivity index (χ1) is 6.77. The summed E-state index contributed by atoms with van der Waals surface area (Å²) < 4.78 is 13.2. The van der Waals surface area contributed by atoms with Crippen molar-refractivity contribution in [2.45, 2.75) is 0 Å². The molecule has 0 saturated carbocycles. The molecule has 0 aromatic carbocycles. The minimum Gasteiger partial charge on any atom is -0.350 e. The monoisotopic (exact) mass is 206 g/mol. The van der Waals surface area contributed by atoms with Crippen molar-refractivity contribution in [1.82, 2.24) is 9.97 Å². The number of hydrogen-bond acceptors (Lipinski definition) is 2. The molecule has 2 nitrogen and oxygen atoms in total. The van der Waals surface area contributed by atoms with Gasteiger partial charge in [0.2, 0.25) is 0 Å². The smallest absolute Gasteiger partial charge is 0.158 e. The van der Waals surface area contributed by atoms with E-state index in [1.807, 2.05) is 6.07 Å². The number of rotatable bonds is 1. The molecule has 70 valence electrons. The summed E-state index contributed by atoms with van der Waals surface area (Å²) in [5.41, 5.74) is 1.60. The van der Waals surface area contributed by atoms with E-state index in [1.54, 1.807) is 24.7 Å². The minimum atomic E-state index is -0.415. The van der Waals surface area contributed by atoms with Gasteiger partial charge in [-0.2, -0.15) is 0 Å². The Morgan fingerprint density at radius 3 is 2.86 bits per heavy atom. The Morgan fingerprint density at radius 1 is 1.36 bits per heavy atom. The van der Waals surface area contributed by atoms with E-state index in [0.717, 1.165) is 11.1 Å². The maximum absolute atomic E-state index is 13.1. The van der Waals surface area contributed by atoms with Crippen LogP contribution >= 0.6 is 12.2 Å². The lowest BCUT2D eigenvalue weighted by molar-refractivity contribution is 0.617. The van der Waals surface area contributed by atoms with Crippen molar-refractivity contribution in [2.24, 2.45) is 0 Å². The second kappa shape index (κ2) is 3.67. The standard InChI is InChI=1S/C10H7FN2S/c11-9-4-8(6-13-10(9)14)7-2-1-3-12-5-7/h1-6H,(H,13,14). The maximum atomic E-state index is 13.1. The molecule has 0 atom stereocenters. The lowest BCUT2D eigenvalue weighted by Gasteiger charge is -2.00. The van der Waals surface area contributed by atoms with Crippen molar-refractivity contribution in [3.8, 4) is 11.1 Å². The van der Waals surface area contributed by atoms with Crippen LogP contribution < -0.4 is 0 Å². The first-order valence-corrected chi connectivity index (χ1v) is 4.47. The summed E-state index contributed by atoms with van der Waals surface area (Å²) in [7, 11) is 0. The number of H-pyrrole nitrogens is 1. The molecule has 2 rings (SSSR count). The molecule has 4 heteroatoms. The molecule has 0 radical (unpaired) electrons. The van der Waals surface area contributed by atoms with Gasteiger partial charge in [-0.15, -0.1) is 0 Å². The van der Waals surface area contributed by atoms with Gasteiger partial charge in [0.25, 0.3) is 0 Å². The van der Waals surface area contributed by atoms with Crippen molar-refractivity contribution < 1.29 is 4.39 Å². The highest BCUT2D eigenvalue weighted by atomic mass is 32.1. The Balaban J connectivity index is 2.54. The predicted molar refractivity (Wildman–Crippen MR) is 54.8 cm³/mol. The molecule has 0 spiro atoms. The number of hydrogen-bond donors (Lipinski definition) is 1. The summed E-state index contributed by atoms with van der Waals surface area (Å²) in [4.78, 5) is 6.63. The Bertz CT molecular complexity index is 493. The molecule has 0 amide bonds. The molecule has 2 heterocycles. The molecule has 0 fully saturated rings. The number of nitrogens with zero attached hydrogens (tertiary/aromatic N) is 1. The molecular formula is C10H7FN2S. The third-order valence-corrected chi connectivity index (χ3v) is 2.17. The Morgan fingerprint density at radius 2 is 2.21 bits per heavy atom. The van der Waals surface area contributed by atoms with Crippen LogP contribution in [0, 0.1) is 10.5 Å². The highest BCUT2D eigenvalue weighted by Crippen LogP contribution is 2.17. The summed E-state index contributed by atoms with van der Waals surface area (Å²) in [5.74, 6) is -0.415. The zero-order valence-electron chi connectivity index (χ0n) is 7.20. The maximum Gasteiger partial charge on any atom is 0.158 e. The number of pyridine rings is 2. The van der Waals surface area contributed by atoms with E-state index in [9.17, 15) is 4.39 Å². The third-order valence-electron chi connectivity index (χ3n) is 1.85. The predicted octanol–water partition coefficient (Wildman–Crippen LogP) is 2.95. The van der Waals surface area contributed by atoms with E-state index in [2.05, 4.69) is 9.97 Å².